The normalized spacial score (nSPS) is 11.8. The molecule has 0 bridgehead atoms. The lowest BCUT2D eigenvalue weighted by Gasteiger charge is -1.92. The van der Waals surface area contributed by atoms with Crippen LogP contribution in [-0.4, -0.2) is 31.4 Å². The number of fused-ring (bicyclic) bond motifs is 2. The minimum atomic E-state index is 0.903. The van der Waals surface area contributed by atoms with Crippen molar-refractivity contribution < 1.29 is 0 Å². The van der Waals surface area contributed by atoms with Gasteiger partial charge in [-0.3, -0.25) is 0 Å². The quantitative estimate of drug-likeness (QED) is 0.383. The zero-order valence-electron chi connectivity index (χ0n) is 12.9. The minimum absolute atomic E-state index is 0.903. The van der Waals surface area contributed by atoms with Gasteiger partial charge in [0.1, 0.15) is 0 Å². The number of hydrogen-bond donors (Lipinski definition) is 2. The third kappa shape index (κ3) is 3.49. The average Bonchev–Trinajstić information content (AvgIpc) is 3.20. The zero-order chi connectivity index (χ0) is 16.2. The van der Waals surface area contributed by atoms with Crippen LogP contribution in [0.25, 0.3) is 22.1 Å². The summed E-state index contributed by atoms with van der Waals surface area (Å²) < 4.78 is 0. The van der Waals surface area contributed by atoms with Crippen molar-refractivity contribution in [3.63, 3.8) is 0 Å². The van der Waals surface area contributed by atoms with Crippen molar-refractivity contribution in [3.05, 3.63) is 60.7 Å². The van der Waals surface area contributed by atoms with Crippen LogP contribution in [-0.2, 0) is 0 Å². The molecule has 4 rings (SSSR count). The molecule has 0 unspecified atom stereocenters. The molecule has 0 spiro atoms. The number of thioether (sulfide) groups is 2. The molecule has 2 heterocycles. The molecule has 2 aromatic heterocycles. The molecule has 0 fully saturated rings. The Labute approximate surface area is 148 Å². The maximum atomic E-state index is 4.56. The molecule has 0 amide bonds. The Bertz CT molecular complexity index is 841. The summed E-state index contributed by atoms with van der Waals surface area (Å²) in [6.45, 7) is 0. The van der Waals surface area contributed by atoms with E-state index >= 15 is 0 Å². The van der Waals surface area contributed by atoms with Crippen LogP contribution in [0.5, 0.6) is 0 Å². The molecule has 24 heavy (non-hydrogen) atoms. The first kappa shape index (κ1) is 15.4. The van der Waals surface area contributed by atoms with Crippen molar-refractivity contribution in [2.45, 2.75) is 10.3 Å². The molecule has 0 radical (unpaired) electrons. The molecule has 4 aromatic rings. The highest BCUT2D eigenvalue weighted by atomic mass is 32.2. The molecule has 0 aliphatic carbocycles. The van der Waals surface area contributed by atoms with Crippen molar-refractivity contribution in [3.8, 4) is 0 Å². The molecule has 0 saturated carbocycles. The van der Waals surface area contributed by atoms with E-state index in [0.29, 0.717) is 0 Å². The van der Waals surface area contributed by atoms with Gasteiger partial charge in [-0.1, -0.05) is 59.9 Å². The maximum absolute atomic E-state index is 4.56. The second-order valence-corrected chi connectivity index (χ2v) is 7.23. The van der Waals surface area contributed by atoms with E-state index < -0.39 is 0 Å². The van der Waals surface area contributed by atoms with E-state index in [1.54, 1.807) is 23.5 Å². The zero-order valence-corrected chi connectivity index (χ0v) is 14.5. The van der Waals surface area contributed by atoms with E-state index in [4.69, 9.17) is 0 Å². The summed E-state index contributed by atoms with van der Waals surface area (Å²) in [5, 5.41) is 1.93. The molecular weight excluding hydrogens is 336 g/mol. The third-order valence-electron chi connectivity index (χ3n) is 3.53. The van der Waals surface area contributed by atoms with Gasteiger partial charge in [0.15, 0.2) is 10.3 Å². The molecule has 4 nitrogen and oxygen atoms in total. The van der Waals surface area contributed by atoms with Gasteiger partial charge in [0.05, 0.1) is 22.1 Å². The Hall–Kier alpha value is -2.18. The molecule has 2 N–H and O–H groups in total. The van der Waals surface area contributed by atoms with Gasteiger partial charge in [0.2, 0.25) is 0 Å². The van der Waals surface area contributed by atoms with Crippen LogP contribution in [0.3, 0.4) is 0 Å². The minimum Gasteiger partial charge on any atom is -0.333 e. The number of aromatic amines is 2. The maximum Gasteiger partial charge on any atom is 0.166 e. The topological polar surface area (TPSA) is 57.4 Å². The fraction of sp³-hybridized carbons (Fsp3) is 0.111. The van der Waals surface area contributed by atoms with E-state index in [1.807, 2.05) is 48.5 Å². The summed E-state index contributed by atoms with van der Waals surface area (Å²) in [6, 6.07) is 16.2. The van der Waals surface area contributed by atoms with Crippen molar-refractivity contribution in [1.29, 1.82) is 0 Å². The first-order valence-electron chi connectivity index (χ1n) is 7.68. The van der Waals surface area contributed by atoms with E-state index in [0.717, 1.165) is 43.9 Å². The van der Waals surface area contributed by atoms with Gasteiger partial charge in [0, 0.05) is 11.5 Å². The van der Waals surface area contributed by atoms with Gasteiger partial charge in [-0.15, -0.1) is 0 Å². The number of nitrogens with one attached hydrogen (secondary N) is 2. The largest absolute Gasteiger partial charge is 0.333 e. The molecule has 0 saturated heterocycles. The van der Waals surface area contributed by atoms with Gasteiger partial charge >= 0.3 is 0 Å². The standard InChI is InChI=1S/C18H16N4S2/c1-2-8-14-13(7-1)19-17(20-14)23-11-5-6-12-24-18-21-15-9-3-4-10-16(15)22-18/h1-10H,11-12H2,(H,19,20)(H,21,22). The van der Waals surface area contributed by atoms with E-state index in [9.17, 15) is 0 Å². The number of nitrogens with zero attached hydrogens (tertiary/aromatic N) is 2. The fourth-order valence-corrected chi connectivity index (χ4v) is 3.86. The van der Waals surface area contributed by atoms with Crippen LogP contribution in [0.15, 0.2) is 71.0 Å². The van der Waals surface area contributed by atoms with Crippen LogP contribution in [0.2, 0.25) is 0 Å². The Morgan fingerprint density at radius 1 is 0.708 bits per heavy atom. The smallest absolute Gasteiger partial charge is 0.166 e. The van der Waals surface area contributed by atoms with Crippen molar-refractivity contribution in [2.24, 2.45) is 0 Å². The van der Waals surface area contributed by atoms with Crippen LogP contribution in [0, 0.1) is 0 Å². The Morgan fingerprint density at radius 2 is 1.17 bits per heavy atom. The average molecular weight is 352 g/mol. The highest BCUT2D eigenvalue weighted by Gasteiger charge is 2.02. The predicted octanol–water partition coefficient (Wildman–Crippen LogP) is 4.88. The van der Waals surface area contributed by atoms with Crippen LogP contribution in [0.4, 0.5) is 0 Å². The van der Waals surface area contributed by atoms with Gasteiger partial charge in [0.25, 0.3) is 0 Å². The highest BCUT2D eigenvalue weighted by molar-refractivity contribution is 7.99. The summed E-state index contributed by atoms with van der Waals surface area (Å²) in [5.41, 5.74) is 4.21. The molecule has 0 aliphatic rings. The van der Waals surface area contributed by atoms with Crippen molar-refractivity contribution in [2.75, 3.05) is 11.5 Å². The highest BCUT2D eigenvalue weighted by Crippen LogP contribution is 2.21. The molecule has 0 atom stereocenters. The SMILES string of the molecule is C(=CCSc1nc2ccccc2[nH]1)CSc1nc2ccccc2[nH]1. The van der Waals surface area contributed by atoms with Gasteiger partial charge in [-0.2, -0.15) is 0 Å². The number of benzene rings is 2. The number of para-hydroxylation sites is 4. The number of imidazole rings is 2. The number of rotatable bonds is 6. The summed E-state index contributed by atoms with van der Waals surface area (Å²) in [5.74, 6) is 1.81. The predicted molar refractivity (Wildman–Crippen MR) is 103 cm³/mol. The van der Waals surface area contributed by atoms with Crippen molar-refractivity contribution in [1.82, 2.24) is 19.9 Å². The second kappa shape index (κ2) is 7.15. The summed E-state index contributed by atoms with van der Waals surface area (Å²) in [7, 11) is 0. The summed E-state index contributed by atoms with van der Waals surface area (Å²) in [6.07, 6.45) is 4.35. The Kier molecular flexibility index (Phi) is 4.57. The molecule has 120 valence electrons. The lowest BCUT2D eigenvalue weighted by molar-refractivity contribution is 1.08. The molecule has 2 aromatic carbocycles. The summed E-state index contributed by atoms with van der Waals surface area (Å²) >= 11 is 3.42. The van der Waals surface area contributed by atoms with E-state index in [2.05, 4.69) is 32.1 Å². The van der Waals surface area contributed by atoms with Crippen LogP contribution >= 0.6 is 23.5 Å². The lowest BCUT2D eigenvalue weighted by Crippen LogP contribution is -1.79. The lowest BCUT2D eigenvalue weighted by atomic mass is 10.3. The fourth-order valence-electron chi connectivity index (χ4n) is 2.39. The Balaban J connectivity index is 1.27. The Morgan fingerprint density at radius 3 is 1.62 bits per heavy atom. The second-order valence-electron chi connectivity index (χ2n) is 5.21. The van der Waals surface area contributed by atoms with Crippen LogP contribution in [0.1, 0.15) is 0 Å². The first-order chi connectivity index (χ1) is 11.9. The van der Waals surface area contributed by atoms with Crippen LogP contribution < -0.4 is 0 Å². The van der Waals surface area contributed by atoms with Gasteiger partial charge in [-0.25, -0.2) is 9.97 Å². The van der Waals surface area contributed by atoms with Gasteiger partial charge < -0.3 is 9.97 Å². The summed E-state index contributed by atoms with van der Waals surface area (Å²) in [4.78, 5) is 15.8. The van der Waals surface area contributed by atoms with Gasteiger partial charge in [-0.05, 0) is 24.3 Å². The number of H-pyrrole nitrogens is 2. The first-order valence-corrected chi connectivity index (χ1v) is 9.66. The van der Waals surface area contributed by atoms with E-state index in [-0.39, 0.29) is 0 Å². The molecule has 0 aliphatic heterocycles. The number of aromatic nitrogens is 4. The monoisotopic (exact) mass is 352 g/mol. The van der Waals surface area contributed by atoms with E-state index in [1.165, 1.54) is 0 Å². The molecular formula is C18H16N4S2. The third-order valence-corrected chi connectivity index (χ3v) is 5.19. The molecule has 6 heteroatoms. The number of hydrogen-bond acceptors (Lipinski definition) is 4. The van der Waals surface area contributed by atoms with Crippen molar-refractivity contribution >= 4 is 45.6 Å².